The highest BCUT2D eigenvalue weighted by Gasteiger charge is 2.21. The molecule has 6 heteroatoms. The molecule has 1 aromatic heterocycles. The third-order valence-corrected chi connectivity index (χ3v) is 5.70. The molecule has 1 N–H and O–H groups in total. The summed E-state index contributed by atoms with van der Waals surface area (Å²) in [5.74, 6) is 0. The Morgan fingerprint density at radius 1 is 1.19 bits per heavy atom. The molecular formula is C20H28N4OS. The largest absolute Gasteiger partial charge is 0.338 e. The molecule has 1 saturated heterocycles. The second-order valence-electron chi connectivity index (χ2n) is 7.03. The third-order valence-electron chi connectivity index (χ3n) is 4.88. The van der Waals surface area contributed by atoms with Gasteiger partial charge in [0.2, 0.25) is 0 Å². The first kappa shape index (κ1) is 18.9. The third kappa shape index (κ3) is 5.05. The molecule has 1 aliphatic rings. The molecule has 5 nitrogen and oxygen atoms in total. The quantitative estimate of drug-likeness (QED) is 0.877. The van der Waals surface area contributed by atoms with E-state index in [1.165, 1.54) is 16.7 Å². The molecule has 0 saturated carbocycles. The Kier molecular flexibility index (Phi) is 6.27. The number of amides is 2. The van der Waals surface area contributed by atoms with E-state index < -0.39 is 0 Å². The Morgan fingerprint density at radius 2 is 1.96 bits per heavy atom. The van der Waals surface area contributed by atoms with Crippen molar-refractivity contribution in [1.29, 1.82) is 0 Å². The van der Waals surface area contributed by atoms with Gasteiger partial charge in [0.1, 0.15) is 0 Å². The average molecular weight is 373 g/mol. The molecule has 0 spiro atoms. The van der Waals surface area contributed by atoms with Crippen LogP contribution in [0.15, 0.2) is 23.6 Å². The SMILES string of the molecule is Cc1ccc(CCNC(=O)N2CCN(Cc3csc(C)n3)CC2)c(C)c1. The molecule has 2 heterocycles. The Bertz CT molecular complexity index is 750. The summed E-state index contributed by atoms with van der Waals surface area (Å²) in [6.07, 6.45) is 0.876. The maximum absolute atomic E-state index is 12.4. The molecule has 3 rings (SSSR count). The van der Waals surface area contributed by atoms with Crippen molar-refractivity contribution in [3.8, 4) is 0 Å². The topological polar surface area (TPSA) is 48.5 Å². The van der Waals surface area contributed by atoms with Crippen molar-refractivity contribution >= 4 is 17.4 Å². The molecule has 0 radical (unpaired) electrons. The van der Waals surface area contributed by atoms with Crippen LogP contribution in [0, 0.1) is 20.8 Å². The van der Waals surface area contributed by atoms with Gasteiger partial charge in [-0.2, -0.15) is 0 Å². The molecule has 0 aliphatic carbocycles. The number of rotatable bonds is 5. The second kappa shape index (κ2) is 8.64. The van der Waals surface area contributed by atoms with Gasteiger partial charge in [0.25, 0.3) is 0 Å². The van der Waals surface area contributed by atoms with Crippen LogP contribution in [0.1, 0.15) is 27.4 Å². The van der Waals surface area contributed by atoms with Gasteiger partial charge in [0.15, 0.2) is 0 Å². The maximum atomic E-state index is 12.4. The van der Waals surface area contributed by atoms with Crippen molar-refractivity contribution in [2.45, 2.75) is 33.7 Å². The Morgan fingerprint density at radius 3 is 2.62 bits per heavy atom. The smallest absolute Gasteiger partial charge is 0.317 e. The van der Waals surface area contributed by atoms with E-state index in [2.05, 4.69) is 52.6 Å². The minimum atomic E-state index is 0.0546. The van der Waals surface area contributed by atoms with Gasteiger partial charge in [-0.1, -0.05) is 23.8 Å². The zero-order chi connectivity index (χ0) is 18.5. The average Bonchev–Trinajstić information content (AvgIpc) is 3.02. The number of aromatic nitrogens is 1. The molecule has 0 unspecified atom stereocenters. The maximum Gasteiger partial charge on any atom is 0.317 e. The number of hydrogen-bond acceptors (Lipinski definition) is 4. The first-order chi connectivity index (χ1) is 12.5. The number of carbonyl (C=O) groups excluding carboxylic acids is 1. The summed E-state index contributed by atoms with van der Waals surface area (Å²) in [5.41, 5.74) is 5.02. The van der Waals surface area contributed by atoms with Gasteiger partial charge in [-0.05, 0) is 38.3 Å². The number of nitrogens with zero attached hydrogens (tertiary/aromatic N) is 3. The minimum Gasteiger partial charge on any atom is -0.338 e. The van der Waals surface area contributed by atoms with Crippen LogP contribution in [-0.2, 0) is 13.0 Å². The number of aryl methyl sites for hydroxylation is 3. The number of hydrogen-bond donors (Lipinski definition) is 1. The van der Waals surface area contributed by atoms with E-state index in [-0.39, 0.29) is 6.03 Å². The van der Waals surface area contributed by atoms with Crippen LogP contribution < -0.4 is 5.32 Å². The zero-order valence-electron chi connectivity index (χ0n) is 15.9. The normalized spacial score (nSPS) is 15.3. The zero-order valence-corrected chi connectivity index (χ0v) is 16.7. The van der Waals surface area contributed by atoms with E-state index in [0.717, 1.165) is 49.8 Å². The van der Waals surface area contributed by atoms with Gasteiger partial charge in [-0.25, -0.2) is 9.78 Å². The van der Waals surface area contributed by atoms with E-state index in [4.69, 9.17) is 0 Å². The molecule has 1 aromatic carbocycles. The summed E-state index contributed by atoms with van der Waals surface area (Å²) in [4.78, 5) is 21.2. The summed E-state index contributed by atoms with van der Waals surface area (Å²) in [6.45, 7) is 11.2. The van der Waals surface area contributed by atoms with Gasteiger partial charge in [0.05, 0.1) is 10.7 Å². The van der Waals surface area contributed by atoms with E-state index in [1.807, 2.05) is 11.8 Å². The van der Waals surface area contributed by atoms with Gasteiger partial charge < -0.3 is 10.2 Å². The number of piperazine rings is 1. The fraction of sp³-hybridized carbons (Fsp3) is 0.500. The van der Waals surface area contributed by atoms with Crippen LogP contribution in [0.5, 0.6) is 0 Å². The lowest BCUT2D eigenvalue weighted by Crippen LogP contribution is -2.51. The first-order valence-corrected chi connectivity index (χ1v) is 10.1. The Hall–Kier alpha value is -1.92. The minimum absolute atomic E-state index is 0.0546. The number of benzene rings is 1. The molecule has 0 bridgehead atoms. The molecule has 1 aliphatic heterocycles. The highest BCUT2D eigenvalue weighted by Crippen LogP contribution is 2.13. The number of urea groups is 1. The van der Waals surface area contributed by atoms with Crippen LogP contribution in [0.4, 0.5) is 4.79 Å². The fourth-order valence-electron chi connectivity index (χ4n) is 3.36. The summed E-state index contributed by atoms with van der Waals surface area (Å²) in [5, 5.41) is 6.31. The lowest BCUT2D eigenvalue weighted by Gasteiger charge is -2.34. The second-order valence-corrected chi connectivity index (χ2v) is 8.10. The number of thiazole rings is 1. The van der Waals surface area contributed by atoms with Crippen LogP contribution in [0.25, 0.3) is 0 Å². The Labute approximate surface area is 160 Å². The summed E-state index contributed by atoms with van der Waals surface area (Å²) in [6, 6.07) is 6.54. The molecule has 140 valence electrons. The number of carbonyl (C=O) groups is 1. The molecular weight excluding hydrogens is 344 g/mol. The van der Waals surface area contributed by atoms with Crippen molar-refractivity contribution in [1.82, 2.24) is 20.1 Å². The first-order valence-electron chi connectivity index (χ1n) is 9.23. The molecule has 2 amide bonds. The van der Waals surface area contributed by atoms with Crippen molar-refractivity contribution in [2.24, 2.45) is 0 Å². The van der Waals surface area contributed by atoms with Crippen molar-refractivity contribution in [3.63, 3.8) is 0 Å². The number of nitrogens with one attached hydrogen (secondary N) is 1. The highest BCUT2D eigenvalue weighted by atomic mass is 32.1. The van der Waals surface area contributed by atoms with Gasteiger partial charge in [-0.3, -0.25) is 4.90 Å². The molecule has 0 atom stereocenters. The monoisotopic (exact) mass is 372 g/mol. The fourth-order valence-corrected chi connectivity index (χ4v) is 3.97. The summed E-state index contributed by atoms with van der Waals surface area (Å²) in [7, 11) is 0. The predicted molar refractivity (Wildman–Crippen MR) is 107 cm³/mol. The van der Waals surface area contributed by atoms with E-state index in [9.17, 15) is 4.79 Å². The van der Waals surface area contributed by atoms with Crippen LogP contribution >= 0.6 is 11.3 Å². The lowest BCUT2D eigenvalue weighted by molar-refractivity contribution is 0.134. The highest BCUT2D eigenvalue weighted by molar-refractivity contribution is 7.09. The molecule has 1 fully saturated rings. The van der Waals surface area contributed by atoms with Crippen LogP contribution in [0.3, 0.4) is 0 Å². The van der Waals surface area contributed by atoms with E-state index in [0.29, 0.717) is 6.54 Å². The molecule has 26 heavy (non-hydrogen) atoms. The van der Waals surface area contributed by atoms with Gasteiger partial charge >= 0.3 is 6.03 Å². The van der Waals surface area contributed by atoms with Crippen molar-refractivity contribution in [3.05, 3.63) is 51.0 Å². The predicted octanol–water partition coefficient (Wildman–Crippen LogP) is 3.14. The lowest BCUT2D eigenvalue weighted by atomic mass is 10.0. The summed E-state index contributed by atoms with van der Waals surface area (Å²) >= 11 is 1.70. The standard InChI is InChI=1S/C20H28N4OS/c1-15-4-5-18(16(2)12-15)6-7-21-20(25)24-10-8-23(9-11-24)13-19-14-26-17(3)22-19/h4-5,12,14H,6-11,13H2,1-3H3,(H,21,25). The van der Waals surface area contributed by atoms with Gasteiger partial charge in [0, 0.05) is 44.6 Å². The van der Waals surface area contributed by atoms with Crippen LogP contribution in [-0.4, -0.2) is 53.5 Å². The van der Waals surface area contributed by atoms with Gasteiger partial charge in [-0.15, -0.1) is 11.3 Å². The Balaban J connectivity index is 1.39. The van der Waals surface area contributed by atoms with Crippen LogP contribution in [0.2, 0.25) is 0 Å². The summed E-state index contributed by atoms with van der Waals surface area (Å²) < 4.78 is 0. The van der Waals surface area contributed by atoms with Crippen molar-refractivity contribution in [2.75, 3.05) is 32.7 Å². The van der Waals surface area contributed by atoms with E-state index in [1.54, 1.807) is 11.3 Å². The van der Waals surface area contributed by atoms with Crippen molar-refractivity contribution < 1.29 is 4.79 Å². The van der Waals surface area contributed by atoms with E-state index >= 15 is 0 Å². The molecule has 2 aromatic rings.